The van der Waals surface area contributed by atoms with Gasteiger partial charge in [0.25, 0.3) is 0 Å². The third-order valence-corrected chi connectivity index (χ3v) is 5.98. The largest absolute Gasteiger partial charge is 0.480 e. The Balaban J connectivity index is 3.49. The second-order valence-electron chi connectivity index (χ2n) is 9.56. The molecule has 0 heterocycles. The molecule has 0 radical (unpaired) electrons. The molecule has 0 saturated heterocycles. The highest BCUT2D eigenvalue weighted by molar-refractivity contribution is 5.79. The first-order chi connectivity index (χ1) is 14.8. The van der Waals surface area contributed by atoms with Crippen LogP contribution in [0.1, 0.15) is 117 Å². The van der Waals surface area contributed by atoms with E-state index < -0.39 is 11.5 Å². The summed E-state index contributed by atoms with van der Waals surface area (Å²) < 4.78 is 0. The highest BCUT2D eigenvalue weighted by atomic mass is 16.4. The minimum atomic E-state index is -1.14. The van der Waals surface area contributed by atoms with Crippen LogP contribution < -0.4 is 10.6 Å². The fraction of sp³-hybridized carbons (Fsp3) is 0.920. The molecule has 6 nitrogen and oxygen atoms in total. The van der Waals surface area contributed by atoms with Gasteiger partial charge in [0.15, 0.2) is 0 Å². The molecule has 0 spiro atoms. The third kappa shape index (κ3) is 18.2. The van der Waals surface area contributed by atoms with Crippen molar-refractivity contribution < 1.29 is 19.8 Å². The second kappa shape index (κ2) is 19.5. The van der Waals surface area contributed by atoms with E-state index in [0.29, 0.717) is 13.0 Å². The summed E-state index contributed by atoms with van der Waals surface area (Å²) in [7, 11) is 0. The summed E-state index contributed by atoms with van der Waals surface area (Å²) >= 11 is 0. The van der Waals surface area contributed by atoms with Gasteiger partial charge in [0.05, 0.1) is 6.61 Å². The number of rotatable bonds is 22. The quantitative estimate of drug-likeness (QED) is 0.176. The zero-order chi connectivity index (χ0) is 23.4. The molecule has 1 amide bonds. The van der Waals surface area contributed by atoms with Crippen molar-refractivity contribution in [2.45, 2.75) is 123 Å². The van der Waals surface area contributed by atoms with E-state index in [1.807, 2.05) is 0 Å². The highest BCUT2D eigenvalue weighted by Gasteiger charge is 2.31. The number of hydrogen-bond donors (Lipinski definition) is 4. The molecule has 0 bridgehead atoms. The Morgan fingerprint density at radius 3 is 1.74 bits per heavy atom. The number of nitrogens with one attached hydrogen (secondary N) is 2. The van der Waals surface area contributed by atoms with Gasteiger partial charge >= 0.3 is 5.97 Å². The molecule has 0 saturated carbocycles. The first-order valence-corrected chi connectivity index (χ1v) is 12.7. The van der Waals surface area contributed by atoms with Gasteiger partial charge < -0.3 is 15.5 Å². The number of carbonyl (C=O) groups excluding carboxylic acids is 1. The number of amides is 1. The van der Waals surface area contributed by atoms with Crippen LogP contribution in [-0.4, -0.2) is 47.3 Å². The number of aliphatic carboxylic acids is 1. The van der Waals surface area contributed by atoms with E-state index in [9.17, 15) is 14.7 Å². The second-order valence-corrected chi connectivity index (χ2v) is 9.56. The predicted octanol–water partition coefficient (Wildman–Crippen LogP) is 5.04. The van der Waals surface area contributed by atoms with Gasteiger partial charge in [-0.2, -0.15) is 0 Å². The molecule has 0 aliphatic heterocycles. The summed E-state index contributed by atoms with van der Waals surface area (Å²) in [5, 5.41) is 23.8. The molecular formula is C25H50N2O4. The number of carboxylic acid groups (broad SMARTS) is 1. The molecule has 1 atom stereocenters. The number of carbonyl (C=O) groups is 2. The van der Waals surface area contributed by atoms with E-state index >= 15 is 0 Å². The molecule has 0 aromatic carbocycles. The summed E-state index contributed by atoms with van der Waals surface area (Å²) in [6.45, 7) is 6.59. The average molecular weight is 443 g/mol. The Hall–Kier alpha value is -1.14. The summed E-state index contributed by atoms with van der Waals surface area (Å²) in [5.74, 6) is -0.143. The Labute approximate surface area is 191 Å². The molecule has 0 aliphatic rings. The third-order valence-electron chi connectivity index (χ3n) is 5.98. The lowest BCUT2D eigenvalue weighted by atomic mass is 9.98. The molecule has 6 heteroatoms. The van der Waals surface area contributed by atoms with E-state index in [0.717, 1.165) is 18.8 Å². The molecular weight excluding hydrogens is 392 g/mol. The summed E-state index contributed by atoms with van der Waals surface area (Å²) in [6, 6.07) is 0. The van der Waals surface area contributed by atoms with Gasteiger partial charge in [-0.3, -0.25) is 14.9 Å². The number of aliphatic hydroxyl groups is 1. The zero-order valence-electron chi connectivity index (χ0n) is 20.5. The van der Waals surface area contributed by atoms with Crippen LogP contribution >= 0.6 is 0 Å². The maximum atomic E-state index is 11.9. The fourth-order valence-electron chi connectivity index (χ4n) is 3.75. The van der Waals surface area contributed by atoms with Crippen molar-refractivity contribution in [3.63, 3.8) is 0 Å². The van der Waals surface area contributed by atoms with E-state index in [4.69, 9.17) is 5.11 Å². The topological polar surface area (TPSA) is 98.7 Å². The van der Waals surface area contributed by atoms with Crippen molar-refractivity contribution in [3.8, 4) is 0 Å². The van der Waals surface area contributed by atoms with E-state index in [1.54, 1.807) is 6.92 Å². The Kier molecular flexibility index (Phi) is 18.8. The lowest BCUT2D eigenvalue weighted by Gasteiger charge is -2.26. The summed E-state index contributed by atoms with van der Waals surface area (Å²) in [5.41, 5.74) is -1.14. The van der Waals surface area contributed by atoms with E-state index in [1.165, 1.54) is 70.6 Å². The van der Waals surface area contributed by atoms with Gasteiger partial charge in [-0.1, -0.05) is 90.9 Å². The number of unbranched alkanes of at least 4 members (excludes halogenated alkanes) is 11. The van der Waals surface area contributed by atoms with Crippen molar-refractivity contribution in [2.24, 2.45) is 5.92 Å². The molecule has 0 aliphatic carbocycles. The maximum absolute atomic E-state index is 11.9. The van der Waals surface area contributed by atoms with Gasteiger partial charge in [0.2, 0.25) is 5.91 Å². The smallest absolute Gasteiger partial charge is 0.323 e. The number of carboxylic acids is 1. The predicted molar refractivity (Wildman–Crippen MR) is 128 cm³/mol. The Bertz CT molecular complexity index is 457. The molecule has 0 fully saturated rings. The van der Waals surface area contributed by atoms with Crippen LogP contribution in [0.4, 0.5) is 0 Å². The Morgan fingerprint density at radius 2 is 1.29 bits per heavy atom. The summed E-state index contributed by atoms with van der Waals surface area (Å²) in [6.07, 6.45) is 17.5. The lowest BCUT2D eigenvalue weighted by molar-refractivity contribution is -0.144. The van der Waals surface area contributed by atoms with Crippen LogP contribution in [-0.2, 0) is 9.59 Å². The minimum absolute atomic E-state index is 0.0108. The van der Waals surface area contributed by atoms with Gasteiger partial charge in [0.1, 0.15) is 5.54 Å². The molecule has 1 unspecified atom stereocenters. The maximum Gasteiger partial charge on any atom is 0.323 e. The van der Waals surface area contributed by atoms with Crippen molar-refractivity contribution in [2.75, 3.05) is 19.7 Å². The van der Waals surface area contributed by atoms with Crippen molar-refractivity contribution >= 4 is 11.9 Å². The first-order valence-electron chi connectivity index (χ1n) is 12.7. The standard InChI is InChI=1S/C25H50N2O4/c1-22(2)16-14-12-10-8-6-4-5-7-9-11-13-15-17-23(29)26-19-18-25(3,24(30)31)27-20-21-28/h22,27-28H,4-21H2,1-3H3,(H,26,29)(H,30,31). The van der Waals surface area contributed by atoms with Gasteiger partial charge in [0, 0.05) is 19.5 Å². The summed E-state index contributed by atoms with van der Waals surface area (Å²) in [4.78, 5) is 23.3. The van der Waals surface area contributed by atoms with Gasteiger partial charge in [-0.05, 0) is 25.7 Å². The molecule has 31 heavy (non-hydrogen) atoms. The molecule has 4 N–H and O–H groups in total. The SMILES string of the molecule is CC(C)CCCCCCCCCCCCCCC(=O)NCCC(C)(NCCO)C(=O)O. The average Bonchev–Trinajstić information content (AvgIpc) is 2.72. The van der Waals surface area contributed by atoms with Crippen LogP contribution in [0.5, 0.6) is 0 Å². The van der Waals surface area contributed by atoms with Gasteiger partial charge in [-0.15, -0.1) is 0 Å². The molecule has 0 aromatic rings. The zero-order valence-corrected chi connectivity index (χ0v) is 20.5. The lowest BCUT2D eigenvalue weighted by Crippen LogP contribution is -2.52. The monoisotopic (exact) mass is 442 g/mol. The molecule has 0 rings (SSSR count). The van der Waals surface area contributed by atoms with Crippen molar-refractivity contribution in [1.29, 1.82) is 0 Å². The number of aliphatic hydroxyl groups excluding tert-OH is 1. The molecule has 184 valence electrons. The minimum Gasteiger partial charge on any atom is -0.480 e. The Morgan fingerprint density at radius 1 is 0.806 bits per heavy atom. The first kappa shape index (κ1) is 29.9. The highest BCUT2D eigenvalue weighted by Crippen LogP contribution is 2.14. The van der Waals surface area contributed by atoms with Crippen LogP contribution in [0, 0.1) is 5.92 Å². The normalized spacial score (nSPS) is 13.3. The van der Waals surface area contributed by atoms with E-state index in [-0.39, 0.29) is 25.5 Å². The van der Waals surface area contributed by atoms with E-state index in [2.05, 4.69) is 24.5 Å². The number of hydrogen-bond acceptors (Lipinski definition) is 4. The number of β-amino-alcohol motifs (C(OH)–C–C–N with tert-alkyl or cyclic N) is 1. The van der Waals surface area contributed by atoms with Crippen LogP contribution in [0.3, 0.4) is 0 Å². The van der Waals surface area contributed by atoms with Gasteiger partial charge in [-0.25, -0.2) is 0 Å². The van der Waals surface area contributed by atoms with Crippen LogP contribution in [0.25, 0.3) is 0 Å². The van der Waals surface area contributed by atoms with Crippen LogP contribution in [0.15, 0.2) is 0 Å². The van der Waals surface area contributed by atoms with Crippen LogP contribution in [0.2, 0.25) is 0 Å². The van der Waals surface area contributed by atoms with Crippen molar-refractivity contribution in [3.05, 3.63) is 0 Å². The molecule has 0 aromatic heterocycles. The van der Waals surface area contributed by atoms with Crippen molar-refractivity contribution in [1.82, 2.24) is 10.6 Å². The fourth-order valence-corrected chi connectivity index (χ4v) is 3.75.